The molecular weight excluding hydrogens is 346 g/mol. The summed E-state index contributed by atoms with van der Waals surface area (Å²) in [6, 6.07) is 0.370. The molecule has 0 bridgehead atoms. The van der Waals surface area contributed by atoms with E-state index in [4.69, 9.17) is 4.74 Å². The molecule has 26 heavy (non-hydrogen) atoms. The molecule has 0 spiro atoms. The maximum absolute atomic E-state index is 12.2. The van der Waals surface area contributed by atoms with Gasteiger partial charge in [-0.1, -0.05) is 39.5 Å². The van der Waals surface area contributed by atoms with Gasteiger partial charge in [0.05, 0.1) is 5.60 Å². The Morgan fingerprint density at radius 1 is 1.19 bits per heavy atom. The van der Waals surface area contributed by atoms with Crippen LogP contribution in [0.15, 0.2) is 4.99 Å². The zero-order valence-corrected chi connectivity index (χ0v) is 17.8. The van der Waals surface area contributed by atoms with Crippen molar-refractivity contribution in [2.75, 3.05) is 26.0 Å². The summed E-state index contributed by atoms with van der Waals surface area (Å²) in [6.45, 7) is 5.85. The van der Waals surface area contributed by atoms with Crippen LogP contribution in [0.3, 0.4) is 0 Å². The van der Waals surface area contributed by atoms with Crippen LogP contribution in [-0.4, -0.2) is 53.0 Å². The van der Waals surface area contributed by atoms with Crippen molar-refractivity contribution >= 4 is 16.8 Å². The van der Waals surface area contributed by atoms with Crippen LogP contribution in [0.4, 0.5) is 0 Å². The van der Waals surface area contributed by atoms with Crippen molar-refractivity contribution in [3.05, 3.63) is 0 Å². The van der Waals surface area contributed by atoms with E-state index in [1.165, 1.54) is 19.3 Å². The number of guanidine groups is 1. The summed E-state index contributed by atoms with van der Waals surface area (Å²) in [6.07, 6.45) is 11.5. The lowest BCUT2D eigenvalue weighted by Gasteiger charge is -2.38. The van der Waals surface area contributed by atoms with Crippen molar-refractivity contribution in [3.63, 3.8) is 0 Å². The van der Waals surface area contributed by atoms with Gasteiger partial charge in [0.1, 0.15) is 0 Å². The Kier molecular flexibility index (Phi) is 9.40. The minimum atomic E-state index is -0.689. The predicted molar refractivity (Wildman–Crippen MR) is 111 cm³/mol. The standard InChI is InChI=1S/C20H39N3O2S/c1-4-14-25-20(12-7-6-8-13-20)16-22-19(21-3)23-17-10-9-11-18(15-17)26(24)5-2/h17-18H,4-16H2,1-3H3,(H2,21,22,23). The molecule has 2 saturated carbocycles. The molecule has 3 atom stereocenters. The van der Waals surface area contributed by atoms with Gasteiger partial charge in [-0.05, 0) is 38.5 Å². The molecule has 0 radical (unpaired) electrons. The molecule has 0 aromatic carbocycles. The normalized spacial score (nSPS) is 27.7. The summed E-state index contributed by atoms with van der Waals surface area (Å²) in [4.78, 5) is 4.43. The molecule has 0 saturated heterocycles. The molecule has 152 valence electrons. The third kappa shape index (κ3) is 6.52. The molecule has 2 rings (SSSR count). The molecule has 6 heteroatoms. The fraction of sp³-hybridized carbons (Fsp3) is 0.950. The molecule has 0 aromatic rings. The predicted octanol–water partition coefficient (Wildman–Crippen LogP) is 3.36. The number of aliphatic imine (C=N–C) groups is 1. The first-order chi connectivity index (χ1) is 12.6. The van der Waals surface area contributed by atoms with Gasteiger partial charge >= 0.3 is 0 Å². The molecule has 0 aliphatic heterocycles. The number of hydrogen-bond acceptors (Lipinski definition) is 3. The first-order valence-corrected chi connectivity index (χ1v) is 12.0. The van der Waals surface area contributed by atoms with Crippen LogP contribution >= 0.6 is 0 Å². The van der Waals surface area contributed by atoms with Crippen LogP contribution in [0.1, 0.15) is 78.1 Å². The summed E-state index contributed by atoms with van der Waals surface area (Å²) in [5, 5.41) is 7.44. The first-order valence-electron chi connectivity index (χ1n) is 10.6. The van der Waals surface area contributed by atoms with Crippen molar-refractivity contribution in [1.82, 2.24) is 10.6 Å². The maximum atomic E-state index is 12.2. The number of nitrogens with one attached hydrogen (secondary N) is 2. The van der Waals surface area contributed by atoms with E-state index < -0.39 is 10.8 Å². The van der Waals surface area contributed by atoms with Crippen LogP contribution in [0.25, 0.3) is 0 Å². The molecule has 5 nitrogen and oxygen atoms in total. The Morgan fingerprint density at radius 2 is 1.96 bits per heavy atom. The lowest BCUT2D eigenvalue weighted by Crippen LogP contribution is -2.52. The molecule has 3 unspecified atom stereocenters. The number of rotatable bonds is 8. The molecule has 0 heterocycles. The second kappa shape index (κ2) is 11.3. The largest absolute Gasteiger partial charge is 0.373 e. The molecule has 2 fully saturated rings. The highest BCUT2D eigenvalue weighted by atomic mass is 32.2. The third-order valence-electron chi connectivity index (χ3n) is 5.80. The Hall–Kier alpha value is -0.620. The fourth-order valence-electron chi connectivity index (χ4n) is 4.27. The molecule has 2 aliphatic rings. The van der Waals surface area contributed by atoms with E-state index in [1.807, 2.05) is 14.0 Å². The van der Waals surface area contributed by atoms with Crippen LogP contribution in [0, 0.1) is 0 Å². The summed E-state index contributed by atoms with van der Waals surface area (Å²) in [7, 11) is 1.14. The van der Waals surface area contributed by atoms with Crippen molar-refractivity contribution in [3.8, 4) is 0 Å². The van der Waals surface area contributed by atoms with Crippen molar-refractivity contribution in [2.45, 2.75) is 94.9 Å². The van der Waals surface area contributed by atoms with E-state index in [1.54, 1.807) is 0 Å². The van der Waals surface area contributed by atoms with Gasteiger partial charge in [0.15, 0.2) is 5.96 Å². The van der Waals surface area contributed by atoms with E-state index in [9.17, 15) is 4.21 Å². The van der Waals surface area contributed by atoms with E-state index in [0.717, 1.165) is 69.8 Å². The molecular formula is C20H39N3O2S. The van der Waals surface area contributed by atoms with E-state index in [-0.39, 0.29) is 5.60 Å². The average molecular weight is 386 g/mol. The maximum Gasteiger partial charge on any atom is 0.191 e. The summed E-state index contributed by atoms with van der Waals surface area (Å²) in [5.74, 6) is 1.63. The van der Waals surface area contributed by atoms with Crippen LogP contribution in [-0.2, 0) is 15.5 Å². The Morgan fingerprint density at radius 3 is 2.62 bits per heavy atom. The summed E-state index contributed by atoms with van der Waals surface area (Å²) < 4.78 is 18.4. The SMILES string of the molecule is CCCOC1(CNC(=NC)NC2CCCC(S(=O)CC)C2)CCCCC1. The molecule has 2 aliphatic carbocycles. The smallest absolute Gasteiger partial charge is 0.191 e. The quantitative estimate of drug-likeness (QED) is 0.497. The first kappa shape index (κ1) is 21.7. The van der Waals surface area contributed by atoms with Crippen LogP contribution in [0.2, 0.25) is 0 Å². The van der Waals surface area contributed by atoms with Crippen molar-refractivity contribution < 1.29 is 8.95 Å². The highest BCUT2D eigenvalue weighted by molar-refractivity contribution is 7.85. The van der Waals surface area contributed by atoms with E-state index in [0.29, 0.717) is 11.3 Å². The van der Waals surface area contributed by atoms with Crippen LogP contribution in [0.5, 0.6) is 0 Å². The minimum absolute atomic E-state index is 0.0370. The third-order valence-corrected chi connectivity index (χ3v) is 7.54. The second-order valence-corrected chi connectivity index (χ2v) is 9.82. The Balaban J connectivity index is 1.86. The molecule has 2 N–H and O–H groups in total. The summed E-state index contributed by atoms with van der Waals surface area (Å²) >= 11 is 0. The minimum Gasteiger partial charge on any atom is -0.373 e. The molecule has 0 aromatic heterocycles. The highest BCUT2D eigenvalue weighted by Gasteiger charge is 2.33. The topological polar surface area (TPSA) is 62.7 Å². The van der Waals surface area contributed by atoms with Gasteiger partial charge < -0.3 is 15.4 Å². The number of ether oxygens (including phenoxy) is 1. The lowest BCUT2D eigenvalue weighted by molar-refractivity contribution is -0.0657. The Bertz CT molecular complexity index is 464. The van der Waals surface area contributed by atoms with E-state index in [2.05, 4.69) is 22.5 Å². The number of nitrogens with zero attached hydrogens (tertiary/aromatic N) is 1. The zero-order valence-electron chi connectivity index (χ0n) is 17.0. The Labute approximate surface area is 162 Å². The van der Waals surface area contributed by atoms with Crippen molar-refractivity contribution in [2.24, 2.45) is 4.99 Å². The monoisotopic (exact) mass is 385 g/mol. The van der Waals surface area contributed by atoms with Gasteiger partial charge in [-0.15, -0.1) is 0 Å². The fourth-order valence-corrected chi connectivity index (χ4v) is 5.62. The van der Waals surface area contributed by atoms with Gasteiger partial charge in [0.2, 0.25) is 0 Å². The number of hydrogen-bond donors (Lipinski definition) is 2. The lowest BCUT2D eigenvalue weighted by atomic mass is 9.84. The second-order valence-electron chi connectivity index (χ2n) is 7.82. The summed E-state index contributed by atoms with van der Waals surface area (Å²) in [5.41, 5.74) is -0.0370. The van der Waals surface area contributed by atoms with Gasteiger partial charge in [-0.3, -0.25) is 9.20 Å². The average Bonchev–Trinajstić information content (AvgIpc) is 2.70. The molecule has 0 amide bonds. The van der Waals surface area contributed by atoms with Gasteiger partial charge in [-0.25, -0.2) is 0 Å². The van der Waals surface area contributed by atoms with Crippen molar-refractivity contribution in [1.29, 1.82) is 0 Å². The van der Waals surface area contributed by atoms with Gasteiger partial charge in [0, 0.05) is 48.0 Å². The highest BCUT2D eigenvalue weighted by Crippen LogP contribution is 2.31. The van der Waals surface area contributed by atoms with E-state index >= 15 is 0 Å². The van der Waals surface area contributed by atoms with Gasteiger partial charge in [0.25, 0.3) is 0 Å². The zero-order chi connectivity index (χ0) is 18.8. The van der Waals surface area contributed by atoms with Crippen LogP contribution < -0.4 is 10.6 Å². The van der Waals surface area contributed by atoms with Gasteiger partial charge in [-0.2, -0.15) is 0 Å².